The molecule has 0 fully saturated rings. The van der Waals surface area contributed by atoms with Crippen molar-refractivity contribution in [3.05, 3.63) is 50.4 Å². The van der Waals surface area contributed by atoms with Crippen molar-refractivity contribution < 1.29 is 8.42 Å². The van der Waals surface area contributed by atoms with Gasteiger partial charge in [-0.15, -0.1) is 0 Å². The highest BCUT2D eigenvalue weighted by atomic mass is 35.5. The number of sulfonamides is 1. The zero-order valence-corrected chi connectivity index (χ0v) is 14.0. The fourth-order valence-corrected chi connectivity index (χ4v) is 4.18. The van der Waals surface area contributed by atoms with Crippen LogP contribution >= 0.6 is 46.4 Å². The van der Waals surface area contributed by atoms with E-state index in [9.17, 15) is 8.42 Å². The van der Waals surface area contributed by atoms with Crippen LogP contribution in [-0.4, -0.2) is 8.42 Å². The highest BCUT2D eigenvalue weighted by molar-refractivity contribution is 7.93. The molecule has 21 heavy (non-hydrogen) atoms. The van der Waals surface area contributed by atoms with Gasteiger partial charge in [0, 0.05) is 5.69 Å². The SMILES string of the molecule is Nc1cc(Cl)c(S(=O)(=O)Nc2ccc(Cl)c(Cl)c2)c(Cl)c1. The van der Waals surface area contributed by atoms with E-state index in [-0.39, 0.29) is 31.3 Å². The van der Waals surface area contributed by atoms with Crippen LogP contribution in [0.2, 0.25) is 20.1 Å². The average Bonchev–Trinajstić information content (AvgIpc) is 2.31. The summed E-state index contributed by atoms with van der Waals surface area (Å²) >= 11 is 23.4. The number of hydrogen-bond donors (Lipinski definition) is 2. The van der Waals surface area contributed by atoms with Crippen LogP contribution < -0.4 is 10.5 Å². The highest BCUT2D eigenvalue weighted by Crippen LogP contribution is 2.34. The summed E-state index contributed by atoms with van der Waals surface area (Å²) in [5, 5.41) is 0.370. The third-order valence-electron chi connectivity index (χ3n) is 2.46. The first kappa shape index (κ1) is 16.5. The van der Waals surface area contributed by atoms with E-state index in [0.29, 0.717) is 5.02 Å². The Hall–Kier alpha value is -0.850. The van der Waals surface area contributed by atoms with E-state index < -0.39 is 10.0 Å². The summed E-state index contributed by atoms with van der Waals surface area (Å²) in [6, 6.07) is 6.91. The number of nitrogen functional groups attached to an aromatic ring is 1. The van der Waals surface area contributed by atoms with E-state index in [1.165, 1.54) is 30.3 Å². The van der Waals surface area contributed by atoms with Gasteiger partial charge in [-0.2, -0.15) is 0 Å². The molecule has 0 radical (unpaired) electrons. The molecular weight excluding hydrogens is 378 g/mol. The van der Waals surface area contributed by atoms with Crippen LogP contribution in [0.25, 0.3) is 0 Å². The zero-order chi connectivity index (χ0) is 15.8. The Bertz CT molecular complexity index is 786. The summed E-state index contributed by atoms with van der Waals surface area (Å²) in [6.07, 6.45) is 0. The molecule has 0 saturated carbocycles. The molecule has 9 heteroatoms. The fraction of sp³-hybridized carbons (Fsp3) is 0. The second-order valence-electron chi connectivity index (χ2n) is 4.05. The molecule has 0 saturated heterocycles. The van der Waals surface area contributed by atoms with Gasteiger partial charge in [-0.05, 0) is 30.3 Å². The van der Waals surface area contributed by atoms with E-state index in [1.54, 1.807) is 0 Å². The summed E-state index contributed by atoms with van der Waals surface area (Å²) in [6.45, 7) is 0. The number of nitrogens with one attached hydrogen (secondary N) is 1. The van der Waals surface area contributed by atoms with E-state index in [2.05, 4.69) is 4.72 Å². The molecule has 0 unspecified atom stereocenters. The highest BCUT2D eigenvalue weighted by Gasteiger charge is 2.22. The first-order valence-corrected chi connectivity index (χ1v) is 8.42. The van der Waals surface area contributed by atoms with Gasteiger partial charge in [-0.25, -0.2) is 8.42 Å². The molecule has 0 amide bonds. The molecule has 112 valence electrons. The van der Waals surface area contributed by atoms with Crippen molar-refractivity contribution in [2.45, 2.75) is 4.90 Å². The van der Waals surface area contributed by atoms with Gasteiger partial charge in [-0.1, -0.05) is 46.4 Å². The molecule has 2 aromatic carbocycles. The Morgan fingerprint density at radius 3 is 1.95 bits per heavy atom. The average molecular weight is 386 g/mol. The number of anilines is 2. The number of halogens is 4. The normalized spacial score (nSPS) is 11.4. The molecule has 0 aromatic heterocycles. The summed E-state index contributed by atoms with van der Waals surface area (Å²) in [5.74, 6) is 0. The summed E-state index contributed by atoms with van der Waals surface area (Å²) in [7, 11) is -3.99. The van der Waals surface area contributed by atoms with Crippen molar-refractivity contribution in [1.82, 2.24) is 0 Å². The largest absolute Gasteiger partial charge is 0.399 e. The van der Waals surface area contributed by atoms with Gasteiger partial charge in [0.05, 0.1) is 25.8 Å². The van der Waals surface area contributed by atoms with Crippen molar-refractivity contribution in [2.24, 2.45) is 0 Å². The van der Waals surface area contributed by atoms with Crippen LogP contribution in [0.3, 0.4) is 0 Å². The minimum Gasteiger partial charge on any atom is -0.399 e. The molecule has 3 N–H and O–H groups in total. The topological polar surface area (TPSA) is 72.2 Å². The lowest BCUT2D eigenvalue weighted by molar-refractivity contribution is 0.601. The van der Waals surface area contributed by atoms with Gasteiger partial charge in [-0.3, -0.25) is 4.72 Å². The first-order valence-electron chi connectivity index (χ1n) is 5.43. The molecule has 0 aliphatic rings. The predicted octanol–water partition coefficient (Wildman–Crippen LogP) is 4.68. The standard InChI is InChI=1S/C12H8Cl4N2O2S/c13-8-2-1-7(5-9(8)14)18-21(19,20)12-10(15)3-6(17)4-11(12)16/h1-5,18H,17H2. The van der Waals surface area contributed by atoms with Crippen LogP contribution in [-0.2, 0) is 10.0 Å². The quantitative estimate of drug-likeness (QED) is 0.753. The van der Waals surface area contributed by atoms with Crippen LogP contribution in [0.1, 0.15) is 0 Å². The van der Waals surface area contributed by atoms with Crippen molar-refractivity contribution in [3.8, 4) is 0 Å². The van der Waals surface area contributed by atoms with Crippen LogP contribution in [0.4, 0.5) is 11.4 Å². The molecule has 2 aromatic rings. The lowest BCUT2D eigenvalue weighted by Crippen LogP contribution is -2.14. The van der Waals surface area contributed by atoms with Crippen LogP contribution in [0, 0.1) is 0 Å². The minimum atomic E-state index is -3.99. The van der Waals surface area contributed by atoms with Crippen molar-refractivity contribution in [2.75, 3.05) is 10.5 Å². The lowest BCUT2D eigenvalue weighted by atomic mass is 10.3. The van der Waals surface area contributed by atoms with E-state index in [4.69, 9.17) is 52.1 Å². The monoisotopic (exact) mass is 384 g/mol. The number of hydrogen-bond acceptors (Lipinski definition) is 3. The summed E-state index contributed by atoms with van der Waals surface area (Å²) in [4.78, 5) is -0.258. The Morgan fingerprint density at radius 1 is 0.857 bits per heavy atom. The second-order valence-corrected chi connectivity index (χ2v) is 7.30. The summed E-state index contributed by atoms with van der Waals surface area (Å²) in [5.41, 5.74) is 6.04. The van der Waals surface area contributed by atoms with E-state index in [0.717, 1.165) is 0 Å². The van der Waals surface area contributed by atoms with Gasteiger partial charge >= 0.3 is 0 Å². The summed E-state index contributed by atoms with van der Waals surface area (Å²) < 4.78 is 27.0. The van der Waals surface area contributed by atoms with Gasteiger partial charge in [0.15, 0.2) is 0 Å². The molecule has 4 nitrogen and oxygen atoms in total. The molecule has 0 aliphatic heterocycles. The Kier molecular flexibility index (Phi) is 4.80. The number of benzene rings is 2. The smallest absolute Gasteiger partial charge is 0.264 e. The van der Waals surface area contributed by atoms with Crippen molar-refractivity contribution in [1.29, 1.82) is 0 Å². The first-order chi connectivity index (χ1) is 9.70. The van der Waals surface area contributed by atoms with Gasteiger partial charge in [0.25, 0.3) is 10.0 Å². The molecule has 0 atom stereocenters. The van der Waals surface area contributed by atoms with Gasteiger partial charge < -0.3 is 5.73 Å². The van der Waals surface area contributed by atoms with Crippen LogP contribution in [0.5, 0.6) is 0 Å². The van der Waals surface area contributed by atoms with Crippen molar-refractivity contribution >= 4 is 67.8 Å². The number of nitrogens with two attached hydrogens (primary N) is 1. The van der Waals surface area contributed by atoms with E-state index >= 15 is 0 Å². The molecule has 0 spiro atoms. The van der Waals surface area contributed by atoms with Crippen LogP contribution in [0.15, 0.2) is 35.2 Å². The maximum Gasteiger partial charge on any atom is 0.264 e. The number of rotatable bonds is 3. The zero-order valence-electron chi connectivity index (χ0n) is 10.2. The minimum absolute atomic E-state index is 0.0763. The Morgan fingerprint density at radius 2 is 1.43 bits per heavy atom. The Labute approximate surface area is 141 Å². The molecule has 0 bridgehead atoms. The maximum absolute atomic E-state index is 12.4. The van der Waals surface area contributed by atoms with E-state index in [1.807, 2.05) is 0 Å². The van der Waals surface area contributed by atoms with Gasteiger partial charge in [0.1, 0.15) is 4.90 Å². The fourth-order valence-electron chi connectivity index (χ4n) is 1.60. The lowest BCUT2D eigenvalue weighted by Gasteiger charge is -2.12. The Balaban J connectivity index is 2.46. The van der Waals surface area contributed by atoms with Gasteiger partial charge in [0.2, 0.25) is 0 Å². The molecular formula is C12H8Cl4N2O2S. The van der Waals surface area contributed by atoms with Crippen molar-refractivity contribution in [3.63, 3.8) is 0 Å². The molecule has 0 heterocycles. The maximum atomic E-state index is 12.4. The molecule has 0 aliphatic carbocycles. The third kappa shape index (κ3) is 3.67. The third-order valence-corrected chi connectivity index (χ3v) is 5.50. The second kappa shape index (κ2) is 6.10. The predicted molar refractivity (Wildman–Crippen MR) is 88.1 cm³/mol. The molecule has 2 rings (SSSR count).